The topological polar surface area (TPSA) is 76.3 Å². The molecule has 1 heterocycles. The monoisotopic (exact) mass is 318 g/mol. The van der Waals surface area contributed by atoms with Crippen LogP contribution in [0.2, 0.25) is 0 Å². The molecule has 5 nitrogen and oxygen atoms in total. The fraction of sp³-hybridized carbons (Fsp3) is 0.375. The number of aryl methyl sites for hydroxylation is 1. The molecule has 118 valence electrons. The molecule has 2 aromatic rings. The van der Waals surface area contributed by atoms with Crippen molar-refractivity contribution in [1.29, 1.82) is 0 Å². The van der Waals surface area contributed by atoms with Gasteiger partial charge in [-0.1, -0.05) is 23.9 Å². The van der Waals surface area contributed by atoms with Gasteiger partial charge in [0.25, 0.3) is 0 Å². The summed E-state index contributed by atoms with van der Waals surface area (Å²) in [4.78, 5) is 11.5. The second-order valence-corrected chi connectivity index (χ2v) is 5.96. The highest BCUT2D eigenvalue weighted by Crippen LogP contribution is 2.12. The summed E-state index contributed by atoms with van der Waals surface area (Å²) in [5.74, 6) is 1.84. The maximum atomic E-state index is 5.92. The number of amidine groups is 1. The smallest absolute Gasteiger partial charge is 0.153 e. The van der Waals surface area contributed by atoms with Crippen LogP contribution in [0.15, 0.2) is 41.8 Å². The molecule has 0 unspecified atom stereocenters. The fourth-order valence-corrected chi connectivity index (χ4v) is 2.67. The number of H-pyrrole nitrogens is 1. The zero-order valence-corrected chi connectivity index (χ0v) is 13.6. The Morgan fingerprint density at radius 2 is 2.14 bits per heavy atom. The van der Waals surface area contributed by atoms with Crippen LogP contribution in [0.3, 0.4) is 0 Å². The van der Waals surface area contributed by atoms with Crippen LogP contribution in [-0.4, -0.2) is 34.5 Å². The van der Waals surface area contributed by atoms with Crippen molar-refractivity contribution in [3.63, 3.8) is 0 Å². The van der Waals surface area contributed by atoms with Gasteiger partial charge in [0.1, 0.15) is 5.75 Å². The molecular formula is C16H22N4OS. The molecule has 0 aliphatic heterocycles. The van der Waals surface area contributed by atoms with E-state index in [9.17, 15) is 0 Å². The zero-order chi connectivity index (χ0) is 15.6. The number of aromatic nitrogens is 2. The van der Waals surface area contributed by atoms with Crippen LogP contribution in [0.25, 0.3) is 0 Å². The van der Waals surface area contributed by atoms with Gasteiger partial charge in [0.2, 0.25) is 0 Å². The van der Waals surface area contributed by atoms with Gasteiger partial charge in [-0.15, -0.1) is 0 Å². The third kappa shape index (κ3) is 5.81. The van der Waals surface area contributed by atoms with Crippen molar-refractivity contribution in [1.82, 2.24) is 9.97 Å². The number of imidazole rings is 1. The molecule has 0 aliphatic carbocycles. The van der Waals surface area contributed by atoms with E-state index in [1.54, 1.807) is 25.2 Å². The van der Waals surface area contributed by atoms with Gasteiger partial charge >= 0.3 is 0 Å². The minimum Gasteiger partial charge on any atom is -0.497 e. The second kappa shape index (κ2) is 9.15. The quantitative estimate of drug-likeness (QED) is 0.446. The van der Waals surface area contributed by atoms with E-state index in [0.717, 1.165) is 36.5 Å². The number of aliphatic imine (C=N–C) groups is 1. The average molecular weight is 318 g/mol. The fourth-order valence-electron chi connectivity index (χ4n) is 1.99. The van der Waals surface area contributed by atoms with Gasteiger partial charge in [0.15, 0.2) is 5.17 Å². The van der Waals surface area contributed by atoms with Crippen molar-refractivity contribution in [2.75, 3.05) is 19.4 Å². The Balaban J connectivity index is 1.62. The standard InChI is InChI=1S/C16H22N4OS/c1-21-15-6-4-13(5-7-15)8-9-19-16(17)22-10-2-3-14-11-18-12-20-14/h4-7,11-12H,2-3,8-10H2,1H3,(H2,17,19)(H,18,20). The van der Waals surface area contributed by atoms with Gasteiger partial charge in [-0.25, -0.2) is 4.98 Å². The lowest BCUT2D eigenvalue weighted by molar-refractivity contribution is 0.414. The highest BCUT2D eigenvalue weighted by molar-refractivity contribution is 8.13. The number of aromatic amines is 1. The molecule has 0 atom stereocenters. The van der Waals surface area contributed by atoms with Crippen LogP contribution in [0.1, 0.15) is 17.7 Å². The molecule has 0 spiro atoms. The molecule has 2 rings (SSSR count). The minimum absolute atomic E-state index is 0.665. The van der Waals surface area contributed by atoms with Crippen molar-refractivity contribution in [2.45, 2.75) is 19.3 Å². The lowest BCUT2D eigenvalue weighted by Crippen LogP contribution is -2.09. The summed E-state index contributed by atoms with van der Waals surface area (Å²) < 4.78 is 5.14. The normalized spacial score (nSPS) is 11.6. The average Bonchev–Trinajstić information content (AvgIpc) is 3.06. The number of nitrogens with one attached hydrogen (secondary N) is 1. The molecule has 0 radical (unpaired) electrons. The molecule has 0 bridgehead atoms. The Bertz CT molecular complexity index is 566. The Morgan fingerprint density at radius 3 is 2.82 bits per heavy atom. The summed E-state index contributed by atoms with van der Waals surface area (Å²) in [6, 6.07) is 8.05. The molecule has 0 saturated carbocycles. The van der Waals surface area contributed by atoms with E-state index < -0.39 is 0 Å². The third-order valence-corrected chi connectivity index (χ3v) is 4.14. The number of nitrogens with zero attached hydrogens (tertiary/aromatic N) is 2. The number of hydrogen-bond acceptors (Lipinski definition) is 4. The van der Waals surface area contributed by atoms with Gasteiger partial charge in [0.05, 0.1) is 13.4 Å². The number of ether oxygens (including phenoxy) is 1. The van der Waals surface area contributed by atoms with Crippen LogP contribution >= 0.6 is 11.8 Å². The molecule has 3 N–H and O–H groups in total. The van der Waals surface area contributed by atoms with Crippen molar-refractivity contribution in [2.24, 2.45) is 10.7 Å². The van der Waals surface area contributed by atoms with Gasteiger partial charge in [0, 0.05) is 24.2 Å². The van der Waals surface area contributed by atoms with E-state index in [1.165, 1.54) is 5.56 Å². The highest BCUT2D eigenvalue weighted by atomic mass is 32.2. The lowest BCUT2D eigenvalue weighted by atomic mass is 10.1. The summed E-state index contributed by atoms with van der Waals surface area (Å²) in [5.41, 5.74) is 8.32. The Hall–Kier alpha value is -1.95. The van der Waals surface area contributed by atoms with Crippen molar-refractivity contribution in [3.8, 4) is 5.75 Å². The van der Waals surface area contributed by atoms with Crippen LogP contribution in [0.5, 0.6) is 5.75 Å². The van der Waals surface area contributed by atoms with Crippen molar-refractivity contribution in [3.05, 3.63) is 48.0 Å². The molecule has 0 saturated heterocycles. The second-order valence-electron chi connectivity index (χ2n) is 4.85. The van der Waals surface area contributed by atoms with E-state index in [-0.39, 0.29) is 0 Å². The van der Waals surface area contributed by atoms with Gasteiger partial charge in [-0.3, -0.25) is 4.99 Å². The predicted molar refractivity (Wildman–Crippen MR) is 92.6 cm³/mol. The molecule has 1 aromatic carbocycles. The maximum Gasteiger partial charge on any atom is 0.153 e. The molecule has 22 heavy (non-hydrogen) atoms. The molecule has 0 amide bonds. The highest BCUT2D eigenvalue weighted by Gasteiger charge is 1.98. The van der Waals surface area contributed by atoms with E-state index in [2.05, 4.69) is 27.1 Å². The number of methoxy groups -OCH3 is 1. The summed E-state index contributed by atoms with van der Waals surface area (Å²) in [7, 11) is 1.67. The Labute approximate surface area is 135 Å². The molecule has 6 heteroatoms. The van der Waals surface area contributed by atoms with E-state index in [4.69, 9.17) is 10.5 Å². The largest absolute Gasteiger partial charge is 0.497 e. The van der Waals surface area contributed by atoms with Crippen LogP contribution < -0.4 is 10.5 Å². The maximum absolute atomic E-state index is 5.92. The third-order valence-electron chi connectivity index (χ3n) is 3.22. The number of rotatable bonds is 8. The predicted octanol–water partition coefficient (Wildman–Crippen LogP) is 2.64. The van der Waals surface area contributed by atoms with Crippen LogP contribution in [-0.2, 0) is 12.8 Å². The van der Waals surface area contributed by atoms with Crippen molar-refractivity contribution >= 4 is 16.9 Å². The van der Waals surface area contributed by atoms with E-state index >= 15 is 0 Å². The van der Waals surface area contributed by atoms with Crippen molar-refractivity contribution < 1.29 is 4.74 Å². The Morgan fingerprint density at radius 1 is 1.32 bits per heavy atom. The van der Waals surface area contributed by atoms with E-state index in [1.807, 2.05) is 18.3 Å². The molecule has 1 aromatic heterocycles. The number of thioether (sulfide) groups is 1. The summed E-state index contributed by atoms with van der Waals surface area (Å²) in [5, 5.41) is 0.665. The summed E-state index contributed by atoms with van der Waals surface area (Å²) in [6.07, 6.45) is 6.50. The zero-order valence-electron chi connectivity index (χ0n) is 12.8. The summed E-state index contributed by atoms with van der Waals surface area (Å²) in [6.45, 7) is 0.714. The summed E-state index contributed by atoms with van der Waals surface area (Å²) >= 11 is 1.61. The SMILES string of the molecule is COc1ccc(CCN=C(N)SCCCc2cnc[nH]2)cc1. The first-order chi connectivity index (χ1) is 10.8. The van der Waals surface area contributed by atoms with Crippen LogP contribution in [0, 0.1) is 0 Å². The van der Waals surface area contributed by atoms with Gasteiger partial charge in [-0.05, 0) is 37.0 Å². The Kier molecular flexibility index (Phi) is 6.83. The molecule has 0 aliphatic rings. The number of benzene rings is 1. The van der Waals surface area contributed by atoms with Gasteiger partial charge in [-0.2, -0.15) is 0 Å². The van der Waals surface area contributed by atoms with E-state index in [0.29, 0.717) is 11.7 Å². The minimum atomic E-state index is 0.665. The number of hydrogen-bond donors (Lipinski definition) is 2. The van der Waals surface area contributed by atoms with Crippen LogP contribution in [0.4, 0.5) is 0 Å². The molecular weight excluding hydrogens is 296 g/mol. The first-order valence-electron chi connectivity index (χ1n) is 7.31. The molecule has 0 fully saturated rings. The number of nitrogens with two attached hydrogens (primary N) is 1. The van der Waals surface area contributed by atoms with Gasteiger partial charge < -0.3 is 15.5 Å². The lowest BCUT2D eigenvalue weighted by Gasteiger charge is -2.03. The first-order valence-corrected chi connectivity index (χ1v) is 8.29. The first kappa shape index (κ1) is 16.4.